The van der Waals surface area contributed by atoms with Crippen molar-refractivity contribution in [2.24, 2.45) is 5.73 Å². The van der Waals surface area contributed by atoms with E-state index in [1.165, 1.54) is 6.07 Å². The summed E-state index contributed by atoms with van der Waals surface area (Å²) < 4.78 is 13.4. The smallest absolute Gasteiger partial charge is 0.142 e. The zero-order valence-corrected chi connectivity index (χ0v) is 11.8. The molecule has 0 aliphatic carbocycles. The molecule has 0 radical (unpaired) electrons. The Kier molecular flexibility index (Phi) is 3.93. The lowest BCUT2D eigenvalue weighted by molar-refractivity contribution is 0.489. The summed E-state index contributed by atoms with van der Waals surface area (Å²) in [6.07, 6.45) is 0.493. The molecule has 0 spiro atoms. The van der Waals surface area contributed by atoms with E-state index in [9.17, 15) is 4.39 Å². The Morgan fingerprint density at radius 2 is 1.89 bits per heavy atom. The molecule has 0 aliphatic rings. The summed E-state index contributed by atoms with van der Waals surface area (Å²) in [5.41, 5.74) is 8.70. The quantitative estimate of drug-likeness (QED) is 0.894. The second-order valence-electron chi connectivity index (χ2n) is 5.18. The van der Waals surface area contributed by atoms with Gasteiger partial charge in [-0.1, -0.05) is 53.6 Å². The van der Waals surface area contributed by atoms with Crippen molar-refractivity contribution in [3.8, 4) is 0 Å². The molecule has 100 valence electrons. The molecule has 0 saturated carbocycles. The average molecular weight is 278 g/mol. The van der Waals surface area contributed by atoms with Crippen molar-refractivity contribution in [1.29, 1.82) is 0 Å². The maximum absolute atomic E-state index is 13.4. The topological polar surface area (TPSA) is 26.0 Å². The molecule has 2 aromatic carbocycles. The van der Waals surface area contributed by atoms with Gasteiger partial charge >= 0.3 is 0 Å². The normalized spacial score (nSPS) is 14.2. The van der Waals surface area contributed by atoms with E-state index in [4.69, 9.17) is 17.3 Å². The second-order valence-corrected chi connectivity index (χ2v) is 5.55. The van der Waals surface area contributed by atoms with Crippen molar-refractivity contribution < 1.29 is 4.39 Å². The van der Waals surface area contributed by atoms with Crippen LogP contribution in [0.25, 0.3) is 0 Å². The van der Waals surface area contributed by atoms with E-state index in [1.807, 2.05) is 44.2 Å². The first kappa shape index (κ1) is 14.0. The predicted molar refractivity (Wildman–Crippen MR) is 77.8 cm³/mol. The van der Waals surface area contributed by atoms with Crippen molar-refractivity contribution in [2.45, 2.75) is 25.8 Å². The van der Waals surface area contributed by atoms with Gasteiger partial charge in [0.25, 0.3) is 0 Å². The molecule has 0 heterocycles. The first-order valence-corrected chi connectivity index (χ1v) is 6.57. The summed E-state index contributed by atoms with van der Waals surface area (Å²) in [5.74, 6) is -0.404. The van der Waals surface area contributed by atoms with Gasteiger partial charge in [0.15, 0.2) is 0 Å². The van der Waals surface area contributed by atoms with Crippen molar-refractivity contribution in [3.63, 3.8) is 0 Å². The molecule has 0 aliphatic heterocycles. The maximum atomic E-state index is 13.4. The predicted octanol–water partition coefficient (Wildman–Crippen LogP) is 4.20. The first-order chi connectivity index (χ1) is 8.90. The van der Waals surface area contributed by atoms with Crippen molar-refractivity contribution >= 4 is 11.6 Å². The molecule has 0 bridgehead atoms. The zero-order valence-electron chi connectivity index (χ0n) is 11.1. The second kappa shape index (κ2) is 5.32. The highest BCUT2D eigenvalue weighted by molar-refractivity contribution is 6.31. The molecule has 2 N–H and O–H groups in total. The van der Waals surface area contributed by atoms with Crippen LogP contribution < -0.4 is 5.73 Å². The first-order valence-electron chi connectivity index (χ1n) is 6.19. The van der Waals surface area contributed by atoms with Gasteiger partial charge in [0.2, 0.25) is 0 Å². The van der Waals surface area contributed by atoms with Gasteiger partial charge in [0.1, 0.15) is 5.82 Å². The summed E-state index contributed by atoms with van der Waals surface area (Å²) in [6, 6.07) is 12.9. The van der Waals surface area contributed by atoms with Crippen LogP contribution in [0.15, 0.2) is 42.5 Å². The Balaban J connectivity index is 2.33. The minimum absolute atomic E-state index is 0.159. The molecular weight excluding hydrogens is 261 g/mol. The van der Waals surface area contributed by atoms with Gasteiger partial charge in [0.05, 0.1) is 5.02 Å². The van der Waals surface area contributed by atoms with Gasteiger partial charge in [-0.25, -0.2) is 4.39 Å². The molecule has 0 fully saturated rings. The standard InChI is InChI=1S/C16H17ClFN/c1-11-5-3-7-13(9-11)16(2,19)10-12-6-4-8-14(18)15(12)17/h3-9H,10,19H2,1-2H3. The third kappa shape index (κ3) is 3.14. The zero-order chi connectivity index (χ0) is 14.0. The Bertz CT molecular complexity index is 593. The van der Waals surface area contributed by atoms with E-state index < -0.39 is 11.4 Å². The van der Waals surface area contributed by atoms with E-state index in [0.717, 1.165) is 16.7 Å². The van der Waals surface area contributed by atoms with Crippen LogP contribution in [0.5, 0.6) is 0 Å². The third-order valence-electron chi connectivity index (χ3n) is 3.27. The lowest BCUT2D eigenvalue weighted by Crippen LogP contribution is -2.35. The molecule has 19 heavy (non-hydrogen) atoms. The summed E-state index contributed by atoms with van der Waals surface area (Å²) in [5, 5.41) is 0.159. The minimum atomic E-state index is -0.580. The summed E-state index contributed by atoms with van der Waals surface area (Å²) in [4.78, 5) is 0. The van der Waals surface area contributed by atoms with Crippen LogP contribution in [-0.4, -0.2) is 0 Å². The van der Waals surface area contributed by atoms with Gasteiger partial charge in [0, 0.05) is 5.54 Å². The van der Waals surface area contributed by atoms with Crippen LogP contribution in [-0.2, 0) is 12.0 Å². The fourth-order valence-corrected chi connectivity index (χ4v) is 2.38. The summed E-state index contributed by atoms with van der Waals surface area (Å²) >= 11 is 5.99. The van der Waals surface area contributed by atoms with E-state index in [0.29, 0.717) is 6.42 Å². The maximum Gasteiger partial charge on any atom is 0.142 e. The van der Waals surface area contributed by atoms with Crippen molar-refractivity contribution in [1.82, 2.24) is 0 Å². The van der Waals surface area contributed by atoms with Crippen LogP contribution in [0, 0.1) is 12.7 Å². The molecular formula is C16H17ClFN. The molecule has 0 aromatic heterocycles. The molecule has 1 nitrogen and oxygen atoms in total. The fourth-order valence-electron chi connectivity index (χ4n) is 2.18. The summed E-state index contributed by atoms with van der Waals surface area (Å²) in [7, 11) is 0. The molecule has 1 atom stereocenters. The lowest BCUT2D eigenvalue weighted by atomic mass is 9.86. The molecule has 1 unspecified atom stereocenters. The highest BCUT2D eigenvalue weighted by atomic mass is 35.5. The van der Waals surface area contributed by atoms with E-state index in [1.54, 1.807) is 6.07 Å². The van der Waals surface area contributed by atoms with Crippen LogP contribution >= 0.6 is 11.6 Å². The number of benzene rings is 2. The Labute approximate surface area is 118 Å². The van der Waals surface area contributed by atoms with E-state index in [-0.39, 0.29) is 5.02 Å². The number of aryl methyl sites for hydroxylation is 1. The fraction of sp³-hybridized carbons (Fsp3) is 0.250. The van der Waals surface area contributed by atoms with Crippen molar-refractivity contribution in [3.05, 3.63) is 70.0 Å². The van der Waals surface area contributed by atoms with Crippen LogP contribution in [0.4, 0.5) is 4.39 Å². The van der Waals surface area contributed by atoms with Crippen molar-refractivity contribution in [2.75, 3.05) is 0 Å². The molecule has 2 aromatic rings. The molecule has 3 heteroatoms. The van der Waals surface area contributed by atoms with Gasteiger partial charge in [-0.2, -0.15) is 0 Å². The SMILES string of the molecule is Cc1cccc(C(C)(N)Cc2cccc(F)c2Cl)c1. The Morgan fingerprint density at radius 1 is 1.21 bits per heavy atom. The van der Waals surface area contributed by atoms with Gasteiger partial charge in [-0.05, 0) is 37.5 Å². The monoisotopic (exact) mass is 277 g/mol. The van der Waals surface area contributed by atoms with Crippen LogP contribution in [0.3, 0.4) is 0 Å². The number of halogens is 2. The highest BCUT2D eigenvalue weighted by Crippen LogP contribution is 2.28. The Morgan fingerprint density at radius 3 is 2.58 bits per heavy atom. The molecule has 0 saturated heterocycles. The van der Waals surface area contributed by atoms with Crippen LogP contribution in [0.1, 0.15) is 23.6 Å². The van der Waals surface area contributed by atoms with Gasteiger partial charge in [-0.15, -0.1) is 0 Å². The minimum Gasteiger partial charge on any atom is -0.321 e. The average Bonchev–Trinajstić information content (AvgIpc) is 2.35. The van der Waals surface area contributed by atoms with E-state index in [2.05, 4.69) is 0 Å². The largest absolute Gasteiger partial charge is 0.321 e. The Hall–Kier alpha value is -1.38. The third-order valence-corrected chi connectivity index (χ3v) is 3.69. The van der Waals surface area contributed by atoms with Gasteiger partial charge in [-0.3, -0.25) is 0 Å². The highest BCUT2D eigenvalue weighted by Gasteiger charge is 2.23. The molecule has 0 amide bonds. The lowest BCUT2D eigenvalue weighted by Gasteiger charge is -2.26. The number of hydrogen-bond acceptors (Lipinski definition) is 1. The summed E-state index contributed by atoms with van der Waals surface area (Å²) in [6.45, 7) is 3.96. The number of nitrogens with two attached hydrogens (primary N) is 1. The number of hydrogen-bond donors (Lipinski definition) is 1. The van der Waals surface area contributed by atoms with E-state index >= 15 is 0 Å². The molecule has 2 rings (SSSR count). The van der Waals surface area contributed by atoms with Gasteiger partial charge < -0.3 is 5.73 Å². The van der Waals surface area contributed by atoms with Crippen LogP contribution in [0.2, 0.25) is 5.02 Å². The number of rotatable bonds is 3.